The van der Waals surface area contributed by atoms with E-state index >= 15 is 0 Å². The average Bonchev–Trinajstić information content (AvgIpc) is 3.30. The molecule has 0 radical (unpaired) electrons. The number of aryl methyl sites for hydroxylation is 1. The minimum absolute atomic E-state index is 0.201. The molecule has 3 rings (SSSR count). The van der Waals surface area contributed by atoms with E-state index in [1.54, 1.807) is 7.05 Å². The Kier molecular flexibility index (Phi) is 7.33. The summed E-state index contributed by atoms with van der Waals surface area (Å²) >= 11 is 0. The monoisotopic (exact) mass is 433 g/mol. The van der Waals surface area contributed by atoms with Crippen LogP contribution in [-0.2, 0) is 16.1 Å². The van der Waals surface area contributed by atoms with E-state index in [1.165, 1.54) is 17.3 Å². The van der Waals surface area contributed by atoms with Gasteiger partial charge < -0.3 is 16.0 Å². The molecule has 0 atom stereocenters. The number of amides is 2. The van der Waals surface area contributed by atoms with Crippen LogP contribution in [-0.4, -0.2) is 51.2 Å². The largest absolute Gasteiger partial charge is 0.383 e. The van der Waals surface area contributed by atoms with Crippen LogP contribution in [0.3, 0.4) is 0 Å². The number of nitrogens with two attached hydrogens (primary N) is 1. The Morgan fingerprint density at radius 1 is 1.25 bits per heavy atom. The summed E-state index contributed by atoms with van der Waals surface area (Å²) in [4.78, 5) is 35.8. The van der Waals surface area contributed by atoms with Gasteiger partial charge in [0, 0.05) is 13.6 Å². The highest BCUT2D eigenvalue weighted by atomic mass is 16.2. The Morgan fingerprint density at radius 3 is 2.69 bits per heavy atom. The predicted octanol–water partition coefficient (Wildman–Crippen LogP) is 2.85. The van der Waals surface area contributed by atoms with Crippen molar-refractivity contribution in [3.05, 3.63) is 59.9 Å². The fraction of sp³-hybridized carbons (Fsp3) is 0.261. The van der Waals surface area contributed by atoms with Gasteiger partial charge in [0.1, 0.15) is 5.82 Å². The van der Waals surface area contributed by atoms with Crippen molar-refractivity contribution in [3.8, 4) is 0 Å². The summed E-state index contributed by atoms with van der Waals surface area (Å²) in [5.41, 5.74) is 9.40. The van der Waals surface area contributed by atoms with E-state index in [9.17, 15) is 9.59 Å². The lowest BCUT2D eigenvalue weighted by Crippen LogP contribution is -2.42. The fourth-order valence-electron chi connectivity index (χ4n) is 3.13. The molecule has 2 amide bonds. The standard InChI is InChI=1S/C23H27N7O2/c1-4-5-6-17(25-3)14-30(13-16-9-7-15(2)8-10-16)23(32)22(31)28-19-12-26-21(24)18-11-27-29-20(18)19/h5-12H,4,13-14H2,1-3H3,(H2,24,26)(H,27,29)(H,28,31)/b6-5-,25-17?. The normalized spacial score (nSPS) is 11.8. The van der Waals surface area contributed by atoms with Gasteiger partial charge in [-0.25, -0.2) is 4.98 Å². The lowest BCUT2D eigenvalue weighted by molar-refractivity contribution is -0.143. The number of anilines is 2. The van der Waals surface area contributed by atoms with E-state index in [1.807, 2.05) is 50.3 Å². The van der Waals surface area contributed by atoms with Gasteiger partial charge in [0.05, 0.1) is 41.2 Å². The molecule has 2 heterocycles. The number of fused-ring (bicyclic) bond motifs is 1. The van der Waals surface area contributed by atoms with Crippen LogP contribution in [0.2, 0.25) is 0 Å². The molecule has 0 fully saturated rings. The smallest absolute Gasteiger partial charge is 0.314 e. The second-order valence-electron chi connectivity index (χ2n) is 7.34. The molecule has 0 spiro atoms. The first kappa shape index (κ1) is 22.7. The summed E-state index contributed by atoms with van der Waals surface area (Å²) in [7, 11) is 1.67. The summed E-state index contributed by atoms with van der Waals surface area (Å²) in [6.45, 7) is 4.48. The van der Waals surface area contributed by atoms with Crippen LogP contribution >= 0.6 is 0 Å². The number of H-pyrrole nitrogens is 1. The van der Waals surface area contributed by atoms with Crippen LogP contribution in [0.5, 0.6) is 0 Å². The summed E-state index contributed by atoms with van der Waals surface area (Å²) in [6, 6.07) is 7.82. The molecule has 2 aromatic heterocycles. The van der Waals surface area contributed by atoms with Crippen LogP contribution in [0, 0.1) is 6.92 Å². The van der Waals surface area contributed by atoms with E-state index in [-0.39, 0.29) is 18.9 Å². The summed E-state index contributed by atoms with van der Waals surface area (Å²) < 4.78 is 0. The molecule has 0 aliphatic carbocycles. The summed E-state index contributed by atoms with van der Waals surface area (Å²) in [5.74, 6) is -1.18. The summed E-state index contributed by atoms with van der Waals surface area (Å²) in [6.07, 6.45) is 7.59. The number of aromatic nitrogens is 3. The number of rotatable bonds is 7. The molecule has 0 unspecified atom stereocenters. The van der Waals surface area contributed by atoms with Crippen molar-refractivity contribution in [2.45, 2.75) is 26.8 Å². The molecule has 0 saturated heterocycles. The van der Waals surface area contributed by atoms with Gasteiger partial charge in [-0.15, -0.1) is 0 Å². The third-order valence-electron chi connectivity index (χ3n) is 4.93. The van der Waals surface area contributed by atoms with Crippen LogP contribution < -0.4 is 11.1 Å². The zero-order chi connectivity index (χ0) is 23.1. The number of carbonyl (C=O) groups is 2. The zero-order valence-electron chi connectivity index (χ0n) is 18.4. The predicted molar refractivity (Wildman–Crippen MR) is 126 cm³/mol. The van der Waals surface area contributed by atoms with Crippen molar-refractivity contribution in [1.29, 1.82) is 0 Å². The Labute approximate surface area is 186 Å². The zero-order valence-corrected chi connectivity index (χ0v) is 18.4. The lowest BCUT2D eigenvalue weighted by atomic mass is 10.1. The van der Waals surface area contributed by atoms with Gasteiger partial charge in [-0.1, -0.05) is 42.8 Å². The molecule has 3 aromatic rings. The molecule has 0 aliphatic heterocycles. The minimum Gasteiger partial charge on any atom is -0.383 e. The molecule has 9 heteroatoms. The summed E-state index contributed by atoms with van der Waals surface area (Å²) in [5, 5.41) is 9.91. The van der Waals surface area contributed by atoms with Gasteiger partial charge in [-0.05, 0) is 25.0 Å². The molecule has 32 heavy (non-hydrogen) atoms. The molecule has 0 bridgehead atoms. The van der Waals surface area contributed by atoms with Gasteiger partial charge in [0.2, 0.25) is 0 Å². The maximum Gasteiger partial charge on any atom is 0.314 e. The third-order valence-corrected chi connectivity index (χ3v) is 4.93. The molecule has 9 nitrogen and oxygen atoms in total. The number of hydrogen-bond acceptors (Lipinski definition) is 6. The lowest BCUT2D eigenvalue weighted by Gasteiger charge is -2.22. The number of benzene rings is 1. The first-order valence-corrected chi connectivity index (χ1v) is 10.3. The van der Waals surface area contributed by atoms with E-state index in [2.05, 4.69) is 25.5 Å². The molecule has 166 valence electrons. The third kappa shape index (κ3) is 5.37. The number of allylic oxidation sites excluding steroid dienone is 1. The van der Waals surface area contributed by atoms with E-state index in [0.29, 0.717) is 22.3 Å². The highest BCUT2D eigenvalue weighted by Crippen LogP contribution is 2.23. The highest BCUT2D eigenvalue weighted by molar-refractivity contribution is 6.40. The van der Waals surface area contributed by atoms with E-state index < -0.39 is 11.8 Å². The van der Waals surface area contributed by atoms with Crippen molar-refractivity contribution in [3.63, 3.8) is 0 Å². The number of nitrogen functional groups attached to an aromatic ring is 1. The molecular formula is C23H27N7O2. The maximum atomic E-state index is 13.1. The van der Waals surface area contributed by atoms with Crippen molar-refractivity contribution in [1.82, 2.24) is 20.1 Å². The molecule has 0 saturated carbocycles. The average molecular weight is 434 g/mol. The highest BCUT2D eigenvalue weighted by Gasteiger charge is 2.24. The minimum atomic E-state index is -0.783. The van der Waals surface area contributed by atoms with Crippen molar-refractivity contribution >= 4 is 39.9 Å². The van der Waals surface area contributed by atoms with E-state index in [4.69, 9.17) is 5.73 Å². The number of pyridine rings is 1. The number of nitrogens with one attached hydrogen (secondary N) is 2. The molecule has 4 N–H and O–H groups in total. The van der Waals surface area contributed by atoms with Crippen LogP contribution in [0.25, 0.3) is 10.9 Å². The van der Waals surface area contributed by atoms with Crippen LogP contribution in [0.1, 0.15) is 24.5 Å². The van der Waals surface area contributed by atoms with Crippen molar-refractivity contribution in [2.24, 2.45) is 4.99 Å². The first-order valence-electron chi connectivity index (χ1n) is 10.3. The van der Waals surface area contributed by atoms with Gasteiger partial charge in [0.15, 0.2) is 0 Å². The second-order valence-corrected chi connectivity index (χ2v) is 7.34. The number of aromatic amines is 1. The molecule has 0 aliphatic rings. The van der Waals surface area contributed by atoms with Crippen LogP contribution in [0.4, 0.5) is 11.5 Å². The van der Waals surface area contributed by atoms with Gasteiger partial charge in [-0.2, -0.15) is 5.10 Å². The Balaban J connectivity index is 1.84. The van der Waals surface area contributed by atoms with Crippen LogP contribution in [0.15, 0.2) is 53.8 Å². The van der Waals surface area contributed by atoms with Gasteiger partial charge >= 0.3 is 11.8 Å². The van der Waals surface area contributed by atoms with Crippen molar-refractivity contribution < 1.29 is 9.59 Å². The SMILES string of the molecule is CC/C=C\C(CN(Cc1ccc(C)cc1)C(=O)C(=O)Nc1cnc(N)c2cn[nH]c12)=NC. The Morgan fingerprint density at radius 2 is 2.00 bits per heavy atom. The number of aliphatic imine (C=N–C) groups is 1. The maximum absolute atomic E-state index is 13.1. The number of nitrogens with zero attached hydrogens (tertiary/aromatic N) is 4. The molecular weight excluding hydrogens is 406 g/mol. The number of hydrogen-bond donors (Lipinski definition) is 3. The second kappa shape index (κ2) is 10.3. The van der Waals surface area contributed by atoms with Crippen molar-refractivity contribution in [2.75, 3.05) is 24.6 Å². The molecule has 1 aromatic carbocycles. The van der Waals surface area contributed by atoms with Gasteiger partial charge in [-0.3, -0.25) is 19.7 Å². The Bertz CT molecular complexity index is 1160. The van der Waals surface area contributed by atoms with E-state index in [0.717, 1.165) is 17.5 Å². The van der Waals surface area contributed by atoms with Gasteiger partial charge in [0.25, 0.3) is 0 Å². The fourth-order valence-corrected chi connectivity index (χ4v) is 3.13. The Hall–Kier alpha value is -4.01. The quantitative estimate of drug-likeness (QED) is 0.390. The first-order chi connectivity index (χ1) is 15.4. The topological polar surface area (TPSA) is 129 Å². The number of carbonyl (C=O) groups excluding carboxylic acids is 2.